The maximum atomic E-state index is 13.2. The largest absolute Gasteiger partial charge is 0.573 e. The molecule has 0 amide bonds. The van der Waals surface area contributed by atoms with E-state index in [0.29, 0.717) is 6.07 Å². The molecular formula is C13H7F4NO2. The van der Waals surface area contributed by atoms with Crippen molar-refractivity contribution in [1.82, 2.24) is 4.98 Å². The van der Waals surface area contributed by atoms with Gasteiger partial charge < -0.3 is 4.74 Å². The molecule has 104 valence electrons. The Bertz CT molecular complexity index is 626. The zero-order valence-corrected chi connectivity index (χ0v) is 9.82. The summed E-state index contributed by atoms with van der Waals surface area (Å²) in [5, 5.41) is 0. The third kappa shape index (κ3) is 3.31. The first-order valence-corrected chi connectivity index (χ1v) is 5.37. The number of aromatic nitrogens is 1. The Labute approximate surface area is 110 Å². The van der Waals surface area contributed by atoms with Crippen molar-refractivity contribution >= 4 is 5.78 Å². The monoisotopic (exact) mass is 285 g/mol. The smallest absolute Gasteiger partial charge is 0.403 e. The second kappa shape index (κ2) is 5.28. The van der Waals surface area contributed by atoms with Gasteiger partial charge in [0, 0.05) is 23.5 Å². The number of hydrogen-bond donors (Lipinski definition) is 0. The van der Waals surface area contributed by atoms with Crippen LogP contribution in [-0.4, -0.2) is 17.1 Å². The number of benzene rings is 1. The minimum atomic E-state index is -5.03. The molecule has 0 aliphatic carbocycles. The zero-order chi connectivity index (χ0) is 14.8. The van der Waals surface area contributed by atoms with E-state index in [1.54, 1.807) is 0 Å². The van der Waals surface area contributed by atoms with Gasteiger partial charge >= 0.3 is 6.36 Å². The van der Waals surface area contributed by atoms with E-state index in [1.807, 2.05) is 0 Å². The molecule has 0 radical (unpaired) electrons. The lowest BCUT2D eigenvalue weighted by molar-refractivity contribution is -0.275. The van der Waals surface area contributed by atoms with Crippen LogP contribution in [-0.2, 0) is 0 Å². The van der Waals surface area contributed by atoms with Gasteiger partial charge in [0.15, 0.2) is 17.3 Å². The Morgan fingerprint density at radius 3 is 2.30 bits per heavy atom. The van der Waals surface area contributed by atoms with E-state index >= 15 is 0 Å². The van der Waals surface area contributed by atoms with Crippen LogP contribution in [0.1, 0.15) is 15.9 Å². The molecule has 0 spiro atoms. The summed E-state index contributed by atoms with van der Waals surface area (Å²) in [6, 6.07) is 5.34. The van der Waals surface area contributed by atoms with Gasteiger partial charge in [0.2, 0.25) is 0 Å². The maximum Gasteiger partial charge on any atom is 0.573 e. The summed E-state index contributed by atoms with van der Waals surface area (Å²) in [7, 11) is 0. The van der Waals surface area contributed by atoms with Crippen LogP contribution in [0.5, 0.6) is 5.75 Å². The van der Waals surface area contributed by atoms with Crippen molar-refractivity contribution in [2.24, 2.45) is 0 Å². The van der Waals surface area contributed by atoms with Crippen LogP contribution in [0.25, 0.3) is 0 Å². The molecule has 0 fully saturated rings. The highest BCUT2D eigenvalue weighted by atomic mass is 19.4. The number of halogens is 4. The second-order valence-electron chi connectivity index (χ2n) is 3.76. The summed E-state index contributed by atoms with van der Waals surface area (Å²) < 4.78 is 53.0. The maximum absolute atomic E-state index is 13.2. The molecule has 0 N–H and O–H groups in total. The van der Waals surface area contributed by atoms with Crippen molar-refractivity contribution in [3.8, 4) is 5.75 Å². The van der Waals surface area contributed by atoms with E-state index in [2.05, 4.69) is 9.72 Å². The third-order valence-corrected chi connectivity index (χ3v) is 2.36. The average molecular weight is 285 g/mol. The SMILES string of the molecule is O=C(c1ccncc1)c1ccc(F)c(OC(F)(F)F)c1. The zero-order valence-electron chi connectivity index (χ0n) is 9.82. The number of nitrogens with zero attached hydrogens (tertiary/aromatic N) is 1. The van der Waals surface area contributed by atoms with Crippen LogP contribution in [0.4, 0.5) is 17.6 Å². The van der Waals surface area contributed by atoms with Crippen LogP contribution < -0.4 is 4.74 Å². The van der Waals surface area contributed by atoms with Crippen LogP contribution in [0, 0.1) is 5.82 Å². The molecule has 2 rings (SSSR count). The van der Waals surface area contributed by atoms with Gasteiger partial charge in [-0.15, -0.1) is 13.2 Å². The van der Waals surface area contributed by atoms with E-state index in [0.717, 1.165) is 12.1 Å². The van der Waals surface area contributed by atoms with Gasteiger partial charge in [0.1, 0.15) is 0 Å². The van der Waals surface area contributed by atoms with Gasteiger partial charge in [0.05, 0.1) is 0 Å². The first kappa shape index (κ1) is 14.0. The van der Waals surface area contributed by atoms with Gasteiger partial charge in [0.25, 0.3) is 0 Å². The number of hydrogen-bond acceptors (Lipinski definition) is 3. The number of ether oxygens (including phenoxy) is 1. The van der Waals surface area contributed by atoms with E-state index in [4.69, 9.17) is 0 Å². The average Bonchev–Trinajstić information content (AvgIpc) is 2.40. The molecule has 2 aromatic rings. The Balaban J connectivity index is 2.34. The summed E-state index contributed by atoms with van der Waals surface area (Å²) >= 11 is 0. The Kier molecular flexibility index (Phi) is 3.69. The Morgan fingerprint density at radius 1 is 1.05 bits per heavy atom. The van der Waals surface area contributed by atoms with E-state index in [1.165, 1.54) is 24.5 Å². The summed E-state index contributed by atoms with van der Waals surface area (Å²) in [5.74, 6) is -2.80. The second-order valence-corrected chi connectivity index (χ2v) is 3.76. The Hall–Kier alpha value is -2.44. The molecule has 20 heavy (non-hydrogen) atoms. The molecule has 0 atom stereocenters. The van der Waals surface area contributed by atoms with Crippen molar-refractivity contribution in [3.63, 3.8) is 0 Å². The normalized spacial score (nSPS) is 11.2. The van der Waals surface area contributed by atoms with E-state index in [-0.39, 0.29) is 11.1 Å². The molecule has 0 saturated carbocycles. The number of alkyl halides is 3. The molecule has 1 aromatic carbocycles. The highest BCUT2D eigenvalue weighted by Crippen LogP contribution is 2.27. The molecule has 0 saturated heterocycles. The summed E-state index contributed by atoms with van der Waals surface area (Å²) in [6.07, 6.45) is -2.30. The highest BCUT2D eigenvalue weighted by molar-refractivity contribution is 6.09. The minimum Gasteiger partial charge on any atom is -0.403 e. The fourth-order valence-corrected chi connectivity index (χ4v) is 1.52. The topological polar surface area (TPSA) is 39.2 Å². The van der Waals surface area contributed by atoms with Crippen molar-refractivity contribution in [2.75, 3.05) is 0 Å². The molecule has 0 unspecified atom stereocenters. The van der Waals surface area contributed by atoms with Crippen molar-refractivity contribution < 1.29 is 27.1 Å². The fraction of sp³-hybridized carbons (Fsp3) is 0.0769. The van der Waals surface area contributed by atoms with Crippen LogP contribution >= 0.6 is 0 Å². The van der Waals surface area contributed by atoms with Crippen molar-refractivity contribution in [1.29, 1.82) is 0 Å². The predicted molar refractivity (Wildman–Crippen MR) is 60.8 cm³/mol. The van der Waals surface area contributed by atoms with Crippen molar-refractivity contribution in [3.05, 3.63) is 59.7 Å². The first-order chi connectivity index (χ1) is 9.37. The lowest BCUT2D eigenvalue weighted by atomic mass is 10.0. The third-order valence-electron chi connectivity index (χ3n) is 2.36. The molecule has 3 nitrogen and oxygen atoms in total. The minimum absolute atomic E-state index is 0.114. The first-order valence-electron chi connectivity index (χ1n) is 5.37. The van der Waals surface area contributed by atoms with E-state index < -0.39 is 23.7 Å². The van der Waals surface area contributed by atoms with E-state index in [9.17, 15) is 22.4 Å². The highest BCUT2D eigenvalue weighted by Gasteiger charge is 2.32. The molecule has 1 aromatic heterocycles. The number of ketones is 1. The van der Waals surface area contributed by atoms with Gasteiger partial charge in [-0.1, -0.05) is 0 Å². The standard InChI is InChI=1S/C13H7F4NO2/c14-10-2-1-9(7-11(10)20-13(15,16)17)12(19)8-3-5-18-6-4-8/h1-7H. The lowest BCUT2D eigenvalue weighted by Gasteiger charge is -2.10. The molecule has 0 bridgehead atoms. The molecule has 0 aliphatic heterocycles. The van der Waals surface area contributed by atoms with Gasteiger partial charge in [-0.05, 0) is 30.3 Å². The summed E-state index contributed by atoms with van der Waals surface area (Å²) in [5.41, 5.74) is 0.112. The lowest BCUT2D eigenvalue weighted by Crippen LogP contribution is -2.18. The quantitative estimate of drug-likeness (QED) is 0.641. The number of pyridine rings is 1. The predicted octanol–water partition coefficient (Wildman–Crippen LogP) is 3.35. The number of carbonyl (C=O) groups is 1. The molecular weight excluding hydrogens is 278 g/mol. The van der Waals surface area contributed by atoms with Crippen LogP contribution in [0.2, 0.25) is 0 Å². The molecule has 0 aliphatic rings. The summed E-state index contributed by atoms with van der Waals surface area (Å²) in [4.78, 5) is 15.7. The Morgan fingerprint density at radius 2 is 1.70 bits per heavy atom. The molecule has 1 heterocycles. The number of carbonyl (C=O) groups excluding carboxylic acids is 1. The van der Waals surface area contributed by atoms with Gasteiger partial charge in [-0.3, -0.25) is 9.78 Å². The van der Waals surface area contributed by atoms with Crippen LogP contribution in [0.3, 0.4) is 0 Å². The van der Waals surface area contributed by atoms with Crippen molar-refractivity contribution in [2.45, 2.75) is 6.36 Å². The fourth-order valence-electron chi connectivity index (χ4n) is 1.52. The summed E-state index contributed by atoms with van der Waals surface area (Å²) in [6.45, 7) is 0. The van der Waals surface area contributed by atoms with Crippen LogP contribution in [0.15, 0.2) is 42.7 Å². The van der Waals surface area contributed by atoms with Gasteiger partial charge in [-0.2, -0.15) is 0 Å². The van der Waals surface area contributed by atoms with Gasteiger partial charge in [-0.25, -0.2) is 4.39 Å². The number of rotatable bonds is 3. The molecule has 7 heteroatoms.